The summed E-state index contributed by atoms with van der Waals surface area (Å²) in [5.74, 6) is 0. The lowest BCUT2D eigenvalue weighted by Gasteiger charge is -2.18. The Bertz CT molecular complexity index is 513. The summed E-state index contributed by atoms with van der Waals surface area (Å²) in [6.07, 6.45) is 0. The van der Waals surface area contributed by atoms with Crippen molar-refractivity contribution in [3.63, 3.8) is 0 Å². The lowest BCUT2D eigenvalue weighted by atomic mass is 10.4. The highest BCUT2D eigenvalue weighted by Crippen LogP contribution is 2.34. The molecule has 0 fully saturated rings. The molecule has 1 aromatic carbocycles. The molecular weight excluding hydrogens is 354 g/mol. The van der Waals surface area contributed by atoms with Gasteiger partial charge in [0.1, 0.15) is 4.90 Å². The fourth-order valence-electron chi connectivity index (χ4n) is 1.32. The molecule has 9 heteroatoms. The van der Waals surface area contributed by atoms with Crippen molar-refractivity contribution in [2.24, 2.45) is 0 Å². The quantitative estimate of drug-likeness (QED) is 0.870. The summed E-state index contributed by atoms with van der Waals surface area (Å²) in [5, 5.41) is 3.20. The van der Waals surface area contributed by atoms with Gasteiger partial charge >= 0.3 is 0 Å². The van der Waals surface area contributed by atoms with Gasteiger partial charge in [0.25, 0.3) is 0 Å². The number of sulfonamides is 1. The summed E-state index contributed by atoms with van der Waals surface area (Å²) in [7, 11) is -0.514. The first-order valence-corrected chi connectivity index (χ1v) is 7.63. The van der Waals surface area contributed by atoms with Crippen molar-refractivity contribution in [3.05, 3.63) is 27.2 Å². The number of nitrogens with zero attached hydrogens (tertiary/aromatic N) is 1. The molecular formula is C10H14Cl4N2O2S. The van der Waals surface area contributed by atoms with E-state index < -0.39 is 10.0 Å². The van der Waals surface area contributed by atoms with E-state index in [-0.39, 0.29) is 27.3 Å². The van der Waals surface area contributed by atoms with Gasteiger partial charge in [-0.25, -0.2) is 8.42 Å². The zero-order valence-corrected chi connectivity index (χ0v) is 14.2. The highest BCUT2D eigenvalue weighted by molar-refractivity contribution is 7.89. The number of benzene rings is 1. The Morgan fingerprint density at radius 2 is 1.68 bits per heavy atom. The second-order valence-corrected chi connectivity index (χ2v) is 6.86. The van der Waals surface area contributed by atoms with E-state index in [0.29, 0.717) is 18.1 Å². The highest BCUT2D eigenvalue weighted by atomic mass is 35.5. The molecule has 0 bridgehead atoms. The van der Waals surface area contributed by atoms with E-state index in [9.17, 15) is 8.42 Å². The molecule has 4 nitrogen and oxygen atoms in total. The van der Waals surface area contributed by atoms with E-state index in [4.69, 9.17) is 34.8 Å². The van der Waals surface area contributed by atoms with Crippen molar-refractivity contribution in [2.45, 2.75) is 4.90 Å². The van der Waals surface area contributed by atoms with Gasteiger partial charge in [-0.3, -0.25) is 0 Å². The van der Waals surface area contributed by atoms with Crippen LogP contribution >= 0.6 is 47.2 Å². The molecule has 0 aromatic heterocycles. The number of hydrogen-bond acceptors (Lipinski definition) is 3. The Morgan fingerprint density at radius 1 is 1.21 bits per heavy atom. The summed E-state index contributed by atoms with van der Waals surface area (Å²) < 4.78 is 25.7. The standard InChI is InChI=1S/C10H13Cl3N2O2S.ClH/c1-14-3-4-15(2)18(16,17)10-8(12)5-7(11)6-9(10)13;/h5-6,14H,3-4H2,1-2H3;1H. The maximum atomic E-state index is 12.3. The van der Waals surface area contributed by atoms with Gasteiger partial charge in [0.2, 0.25) is 10.0 Å². The Morgan fingerprint density at radius 3 is 2.11 bits per heavy atom. The maximum Gasteiger partial charge on any atom is 0.245 e. The largest absolute Gasteiger partial charge is 0.318 e. The Hall–Kier alpha value is 0.250. The van der Waals surface area contributed by atoms with Crippen LogP contribution in [0.1, 0.15) is 0 Å². The summed E-state index contributed by atoms with van der Waals surface area (Å²) in [6.45, 7) is 0.840. The SMILES string of the molecule is CNCCN(C)S(=O)(=O)c1c(Cl)cc(Cl)cc1Cl.Cl. The average Bonchev–Trinajstić information content (AvgIpc) is 2.23. The van der Waals surface area contributed by atoms with Crippen LogP contribution in [0.2, 0.25) is 15.1 Å². The molecule has 1 N–H and O–H groups in total. The van der Waals surface area contributed by atoms with Crippen LogP contribution in [0.25, 0.3) is 0 Å². The normalized spacial score (nSPS) is 11.5. The van der Waals surface area contributed by atoms with E-state index in [1.54, 1.807) is 7.05 Å². The zero-order valence-electron chi connectivity index (χ0n) is 10.3. The fraction of sp³-hybridized carbons (Fsp3) is 0.400. The van der Waals surface area contributed by atoms with Crippen molar-refractivity contribution in [2.75, 3.05) is 27.2 Å². The molecule has 0 radical (unpaired) electrons. The van der Waals surface area contributed by atoms with Crippen LogP contribution in [0.15, 0.2) is 17.0 Å². The number of nitrogens with one attached hydrogen (secondary N) is 1. The molecule has 0 aliphatic heterocycles. The lowest BCUT2D eigenvalue weighted by Crippen LogP contribution is -2.33. The summed E-state index contributed by atoms with van der Waals surface area (Å²) >= 11 is 17.6. The molecule has 0 heterocycles. The summed E-state index contributed by atoms with van der Waals surface area (Å²) in [5.41, 5.74) is 0. The molecule has 0 atom stereocenters. The number of halogens is 4. The molecule has 0 amide bonds. The van der Waals surface area contributed by atoms with Crippen molar-refractivity contribution < 1.29 is 8.42 Å². The Kier molecular flexibility index (Phi) is 7.98. The van der Waals surface area contributed by atoms with Crippen LogP contribution in [-0.4, -0.2) is 39.9 Å². The number of rotatable bonds is 5. The van der Waals surface area contributed by atoms with E-state index in [1.807, 2.05) is 0 Å². The Labute approximate surface area is 134 Å². The minimum absolute atomic E-state index is 0. The highest BCUT2D eigenvalue weighted by Gasteiger charge is 2.26. The van der Waals surface area contributed by atoms with Crippen LogP contribution in [0.3, 0.4) is 0 Å². The number of hydrogen-bond donors (Lipinski definition) is 1. The topological polar surface area (TPSA) is 49.4 Å². The molecule has 0 saturated heterocycles. The lowest BCUT2D eigenvalue weighted by molar-refractivity contribution is 0.466. The van der Waals surface area contributed by atoms with Gasteiger partial charge < -0.3 is 5.32 Å². The summed E-state index contributed by atoms with van der Waals surface area (Å²) in [6, 6.07) is 2.71. The molecule has 0 aliphatic carbocycles. The van der Waals surface area contributed by atoms with Crippen LogP contribution in [0, 0.1) is 0 Å². The first-order valence-electron chi connectivity index (χ1n) is 5.06. The minimum atomic E-state index is -3.72. The molecule has 19 heavy (non-hydrogen) atoms. The fourth-order valence-corrected chi connectivity index (χ4v) is 3.98. The predicted octanol–water partition coefficient (Wildman–Crippen LogP) is 2.91. The van der Waals surface area contributed by atoms with Crippen LogP contribution in [0.5, 0.6) is 0 Å². The monoisotopic (exact) mass is 366 g/mol. The van der Waals surface area contributed by atoms with Gasteiger partial charge in [-0.15, -0.1) is 12.4 Å². The molecule has 0 saturated carbocycles. The molecule has 0 unspecified atom stereocenters. The third kappa shape index (κ3) is 4.63. The van der Waals surface area contributed by atoms with E-state index in [1.165, 1.54) is 23.5 Å². The van der Waals surface area contributed by atoms with Gasteiger partial charge in [0.05, 0.1) is 10.0 Å². The van der Waals surface area contributed by atoms with Crippen molar-refractivity contribution >= 4 is 57.2 Å². The maximum absolute atomic E-state index is 12.3. The molecule has 1 rings (SSSR count). The predicted molar refractivity (Wildman–Crippen MR) is 82.5 cm³/mol. The average molecular weight is 368 g/mol. The number of likely N-dealkylation sites (N-methyl/N-ethyl adjacent to an activating group) is 2. The molecule has 0 spiro atoms. The second kappa shape index (κ2) is 7.88. The van der Waals surface area contributed by atoms with Gasteiger partial charge in [-0.2, -0.15) is 4.31 Å². The third-order valence-electron chi connectivity index (χ3n) is 2.31. The minimum Gasteiger partial charge on any atom is -0.318 e. The van der Waals surface area contributed by atoms with E-state index >= 15 is 0 Å². The van der Waals surface area contributed by atoms with E-state index in [0.717, 1.165) is 0 Å². The smallest absolute Gasteiger partial charge is 0.245 e. The molecule has 110 valence electrons. The van der Waals surface area contributed by atoms with Gasteiger partial charge in [-0.05, 0) is 19.2 Å². The zero-order chi connectivity index (χ0) is 13.9. The molecule has 1 aromatic rings. The van der Waals surface area contributed by atoms with E-state index in [2.05, 4.69) is 5.32 Å². The van der Waals surface area contributed by atoms with Gasteiger partial charge in [0.15, 0.2) is 0 Å². The summed E-state index contributed by atoms with van der Waals surface area (Å²) in [4.78, 5) is -0.117. The van der Waals surface area contributed by atoms with Crippen LogP contribution in [-0.2, 0) is 10.0 Å². The first-order chi connectivity index (χ1) is 8.30. The second-order valence-electron chi connectivity index (χ2n) is 3.63. The van der Waals surface area contributed by atoms with Gasteiger partial charge in [-0.1, -0.05) is 34.8 Å². The third-order valence-corrected chi connectivity index (χ3v) is 5.31. The molecule has 0 aliphatic rings. The van der Waals surface area contributed by atoms with Crippen molar-refractivity contribution in [1.82, 2.24) is 9.62 Å². The Balaban J connectivity index is 0.00000324. The van der Waals surface area contributed by atoms with Crippen LogP contribution in [0.4, 0.5) is 0 Å². The van der Waals surface area contributed by atoms with Crippen molar-refractivity contribution in [1.29, 1.82) is 0 Å². The van der Waals surface area contributed by atoms with Gasteiger partial charge in [0, 0.05) is 25.2 Å². The first kappa shape index (κ1) is 19.2. The van der Waals surface area contributed by atoms with Crippen LogP contribution < -0.4 is 5.32 Å². The van der Waals surface area contributed by atoms with Crippen molar-refractivity contribution in [3.8, 4) is 0 Å².